The molecule has 2 heterocycles. The molecule has 0 radical (unpaired) electrons. The van der Waals surface area contributed by atoms with E-state index in [9.17, 15) is 4.79 Å². The summed E-state index contributed by atoms with van der Waals surface area (Å²) in [7, 11) is 1.58. The molecule has 0 saturated carbocycles. The lowest BCUT2D eigenvalue weighted by atomic mass is 10.2. The third kappa shape index (κ3) is 2.38. The summed E-state index contributed by atoms with van der Waals surface area (Å²) >= 11 is 0. The Bertz CT molecular complexity index is 467. The van der Waals surface area contributed by atoms with Crippen molar-refractivity contribution in [3.05, 3.63) is 18.1 Å². The van der Waals surface area contributed by atoms with Crippen molar-refractivity contribution < 1.29 is 9.53 Å². The van der Waals surface area contributed by atoms with Gasteiger partial charge in [0.15, 0.2) is 5.69 Å². The van der Waals surface area contributed by atoms with Crippen molar-refractivity contribution in [1.29, 1.82) is 5.26 Å². The standard InChI is InChI=1S/C11H13N5O2/c1-13-11(17)9-7-18-3-2-16(9)10-6-14-8(4-12)5-15-10/h5-6,9H,2-3,7H2,1H3,(H,13,17). The van der Waals surface area contributed by atoms with Gasteiger partial charge < -0.3 is 15.0 Å². The predicted molar refractivity (Wildman–Crippen MR) is 62.8 cm³/mol. The Labute approximate surface area is 104 Å². The molecule has 1 saturated heterocycles. The number of nitrogens with one attached hydrogen (secondary N) is 1. The van der Waals surface area contributed by atoms with Gasteiger partial charge in [-0.15, -0.1) is 0 Å². The Hall–Kier alpha value is -2.20. The SMILES string of the molecule is CNC(=O)C1COCCN1c1cnc(C#N)cn1. The van der Waals surface area contributed by atoms with E-state index in [0.717, 1.165) is 0 Å². The number of amides is 1. The van der Waals surface area contributed by atoms with E-state index < -0.39 is 6.04 Å². The number of anilines is 1. The van der Waals surface area contributed by atoms with E-state index in [1.54, 1.807) is 7.05 Å². The second-order valence-electron chi connectivity index (χ2n) is 3.77. The summed E-state index contributed by atoms with van der Waals surface area (Å²) in [4.78, 5) is 21.7. The van der Waals surface area contributed by atoms with E-state index >= 15 is 0 Å². The molecule has 1 aliphatic heterocycles. The second-order valence-corrected chi connectivity index (χ2v) is 3.77. The molecule has 1 unspecified atom stereocenters. The van der Waals surface area contributed by atoms with Gasteiger partial charge in [-0.3, -0.25) is 4.79 Å². The molecule has 94 valence electrons. The molecule has 0 aromatic carbocycles. The maximum Gasteiger partial charge on any atom is 0.244 e. The van der Waals surface area contributed by atoms with Crippen LogP contribution >= 0.6 is 0 Å². The van der Waals surface area contributed by atoms with Crippen LogP contribution in [0.2, 0.25) is 0 Å². The quantitative estimate of drug-likeness (QED) is 0.743. The van der Waals surface area contributed by atoms with Crippen LogP contribution in [0.3, 0.4) is 0 Å². The third-order valence-electron chi connectivity index (χ3n) is 2.72. The number of morpholine rings is 1. The molecule has 1 aromatic rings. The summed E-state index contributed by atoms with van der Waals surface area (Å²) in [5.74, 6) is 0.451. The van der Waals surface area contributed by atoms with Crippen LogP contribution < -0.4 is 10.2 Å². The summed E-state index contributed by atoms with van der Waals surface area (Å²) in [5, 5.41) is 11.3. The van der Waals surface area contributed by atoms with Gasteiger partial charge in [0.25, 0.3) is 0 Å². The number of nitriles is 1. The van der Waals surface area contributed by atoms with E-state index in [-0.39, 0.29) is 11.6 Å². The van der Waals surface area contributed by atoms with E-state index in [2.05, 4.69) is 15.3 Å². The predicted octanol–water partition coefficient (Wildman–Crippen LogP) is -0.701. The number of carbonyl (C=O) groups is 1. The lowest BCUT2D eigenvalue weighted by Gasteiger charge is -2.34. The number of nitrogens with zero attached hydrogens (tertiary/aromatic N) is 4. The smallest absolute Gasteiger partial charge is 0.244 e. The largest absolute Gasteiger partial charge is 0.377 e. The number of carbonyl (C=O) groups excluding carboxylic acids is 1. The molecule has 2 rings (SSSR count). The topological polar surface area (TPSA) is 91.1 Å². The van der Waals surface area contributed by atoms with E-state index in [1.165, 1.54) is 12.4 Å². The Morgan fingerprint density at radius 3 is 3.06 bits per heavy atom. The first-order valence-corrected chi connectivity index (χ1v) is 5.54. The van der Waals surface area contributed by atoms with Gasteiger partial charge in [0.1, 0.15) is 17.9 Å². The molecular weight excluding hydrogens is 234 g/mol. The van der Waals surface area contributed by atoms with Crippen molar-refractivity contribution in [2.45, 2.75) is 6.04 Å². The summed E-state index contributed by atoms with van der Waals surface area (Å²) in [5.41, 5.74) is 0.253. The fourth-order valence-corrected chi connectivity index (χ4v) is 1.79. The molecule has 1 amide bonds. The zero-order chi connectivity index (χ0) is 13.0. The number of hydrogen-bond acceptors (Lipinski definition) is 6. The van der Waals surface area contributed by atoms with Crippen LogP contribution in [0, 0.1) is 11.3 Å². The molecule has 1 fully saturated rings. The molecule has 0 aliphatic carbocycles. The van der Waals surface area contributed by atoms with E-state index in [0.29, 0.717) is 25.6 Å². The number of likely N-dealkylation sites (N-methyl/N-ethyl adjacent to an activating group) is 1. The highest BCUT2D eigenvalue weighted by molar-refractivity contribution is 5.85. The molecule has 7 nitrogen and oxygen atoms in total. The van der Waals surface area contributed by atoms with Crippen molar-refractivity contribution in [2.24, 2.45) is 0 Å². The fraction of sp³-hybridized carbons (Fsp3) is 0.455. The number of aromatic nitrogens is 2. The van der Waals surface area contributed by atoms with Gasteiger partial charge in [-0.25, -0.2) is 9.97 Å². The molecule has 1 atom stereocenters. The Balaban J connectivity index is 2.22. The molecule has 7 heteroatoms. The number of hydrogen-bond donors (Lipinski definition) is 1. The molecule has 1 aliphatic rings. The van der Waals surface area contributed by atoms with E-state index in [1.807, 2.05) is 11.0 Å². The Morgan fingerprint density at radius 1 is 1.61 bits per heavy atom. The van der Waals surface area contributed by atoms with Gasteiger partial charge >= 0.3 is 0 Å². The zero-order valence-electron chi connectivity index (χ0n) is 9.96. The first-order valence-electron chi connectivity index (χ1n) is 5.54. The van der Waals surface area contributed by atoms with Crippen LogP contribution in [-0.2, 0) is 9.53 Å². The van der Waals surface area contributed by atoms with Crippen LogP contribution in [0.5, 0.6) is 0 Å². The van der Waals surface area contributed by atoms with Gasteiger partial charge in [-0.1, -0.05) is 0 Å². The minimum Gasteiger partial charge on any atom is -0.377 e. The second kappa shape index (κ2) is 5.42. The van der Waals surface area contributed by atoms with Gasteiger partial charge in [0, 0.05) is 13.6 Å². The van der Waals surface area contributed by atoms with Crippen LogP contribution in [0.15, 0.2) is 12.4 Å². The molecule has 1 N–H and O–H groups in total. The average molecular weight is 247 g/mol. The summed E-state index contributed by atoms with van der Waals surface area (Å²) in [6.07, 6.45) is 2.89. The monoisotopic (exact) mass is 247 g/mol. The number of rotatable bonds is 2. The molecule has 0 spiro atoms. The lowest BCUT2D eigenvalue weighted by molar-refractivity contribution is -0.124. The third-order valence-corrected chi connectivity index (χ3v) is 2.72. The van der Waals surface area contributed by atoms with Crippen LogP contribution in [0.1, 0.15) is 5.69 Å². The normalized spacial score (nSPS) is 19.1. The van der Waals surface area contributed by atoms with Crippen molar-refractivity contribution in [1.82, 2.24) is 15.3 Å². The van der Waals surface area contributed by atoms with Crippen LogP contribution in [-0.4, -0.2) is 48.7 Å². The van der Waals surface area contributed by atoms with Gasteiger partial charge in [0.2, 0.25) is 5.91 Å². The highest BCUT2D eigenvalue weighted by atomic mass is 16.5. The summed E-state index contributed by atoms with van der Waals surface area (Å²) in [6.45, 7) is 1.43. The van der Waals surface area contributed by atoms with Crippen molar-refractivity contribution in [2.75, 3.05) is 31.7 Å². The highest BCUT2D eigenvalue weighted by Crippen LogP contribution is 2.16. The molecule has 0 bridgehead atoms. The summed E-state index contributed by atoms with van der Waals surface area (Å²) < 4.78 is 5.30. The molecule has 1 aromatic heterocycles. The van der Waals surface area contributed by atoms with Crippen molar-refractivity contribution in [3.63, 3.8) is 0 Å². The maximum atomic E-state index is 11.7. The average Bonchev–Trinajstić information content (AvgIpc) is 2.46. The van der Waals surface area contributed by atoms with Gasteiger partial charge in [0.05, 0.1) is 25.6 Å². The van der Waals surface area contributed by atoms with E-state index in [4.69, 9.17) is 10.00 Å². The van der Waals surface area contributed by atoms with Crippen molar-refractivity contribution >= 4 is 11.7 Å². The van der Waals surface area contributed by atoms with Gasteiger partial charge in [-0.05, 0) is 0 Å². The zero-order valence-corrected chi connectivity index (χ0v) is 9.96. The first kappa shape index (κ1) is 12.3. The van der Waals surface area contributed by atoms with Crippen LogP contribution in [0.4, 0.5) is 5.82 Å². The fourth-order valence-electron chi connectivity index (χ4n) is 1.79. The summed E-state index contributed by atoms with van der Waals surface area (Å²) in [6, 6.07) is 1.50. The number of ether oxygens (including phenoxy) is 1. The highest BCUT2D eigenvalue weighted by Gasteiger charge is 2.29. The molecule has 18 heavy (non-hydrogen) atoms. The van der Waals surface area contributed by atoms with Gasteiger partial charge in [-0.2, -0.15) is 5.26 Å². The minimum absolute atomic E-state index is 0.124. The maximum absolute atomic E-state index is 11.7. The Kier molecular flexibility index (Phi) is 3.69. The Morgan fingerprint density at radius 2 is 2.44 bits per heavy atom. The molecular formula is C11H13N5O2. The van der Waals surface area contributed by atoms with Crippen molar-refractivity contribution in [3.8, 4) is 6.07 Å². The first-order chi connectivity index (χ1) is 8.76. The lowest BCUT2D eigenvalue weighted by Crippen LogP contribution is -2.53. The minimum atomic E-state index is -0.411. The van der Waals surface area contributed by atoms with Crippen LogP contribution in [0.25, 0.3) is 0 Å².